The number of unbranched alkanes of at least 4 members (excludes halogenated alkanes) is 3. The van der Waals surface area contributed by atoms with Gasteiger partial charge in [-0.15, -0.1) is 5.92 Å². The Labute approximate surface area is 94.9 Å². The Morgan fingerprint density at radius 2 is 2.13 bits per heavy atom. The molecule has 0 fully saturated rings. The first kappa shape index (κ1) is 14.0. The molecule has 0 aliphatic rings. The van der Waals surface area contributed by atoms with Gasteiger partial charge in [0.25, 0.3) is 0 Å². The summed E-state index contributed by atoms with van der Waals surface area (Å²) in [6.45, 7) is 7.96. The van der Waals surface area contributed by atoms with Crippen LogP contribution in [0.4, 0.5) is 0 Å². The molecule has 0 N–H and O–H groups in total. The quantitative estimate of drug-likeness (QED) is 0.198. The average molecular weight is 206 g/mol. The number of rotatable bonds is 7. The first-order chi connectivity index (χ1) is 7.26. The Balaban J connectivity index is 4.04. The van der Waals surface area contributed by atoms with Crippen LogP contribution in [-0.4, -0.2) is 23.9 Å². The van der Waals surface area contributed by atoms with E-state index < -0.39 is 0 Å². The van der Waals surface area contributed by atoms with Crippen molar-refractivity contribution in [3.63, 3.8) is 0 Å². The summed E-state index contributed by atoms with van der Waals surface area (Å²) in [6.07, 6.45) is 10.2. The van der Waals surface area contributed by atoms with Gasteiger partial charge < -0.3 is 0 Å². The monoisotopic (exact) mass is 206 g/mol. The van der Waals surface area contributed by atoms with Crippen LogP contribution in [-0.2, 0) is 0 Å². The largest absolute Gasteiger partial charge is 0.235 e. The minimum atomic E-state index is 0.360. The Morgan fingerprint density at radius 3 is 2.67 bits per heavy atom. The van der Waals surface area contributed by atoms with E-state index in [4.69, 9.17) is 0 Å². The lowest BCUT2D eigenvalue weighted by Gasteiger charge is -2.04. The van der Waals surface area contributed by atoms with Gasteiger partial charge in [-0.1, -0.05) is 32.3 Å². The van der Waals surface area contributed by atoms with Gasteiger partial charge in [0.2, 0.25) is 0 Å². The van der Waals surface area contributed by atoms with Crippen LogP contribution in [0.15, 0.2) is 12.7 Å². The van der Waals surface area contributed by atoms with E-state index in [1.807, 2.05) is 13.0 Å². The molecule has 1 nitrogen and oxygen atoms in total. The molecule has 0 saturated carbocycles. The van der Waals surface area contributed by atoms with Crippen LogP contribution in [0, 0.1) is 11.8 Å². The van der Waals surface area contributed by atoms with Crippen molar-refractivity contribution < 1.29 is 4.58 Å². The second kappa shape index (κ2) is 9.52. The Morgan fingerprint density at radius 1 is 1.40 bits per heavy atom. The van der Waals surface area contributed by atoms with Crippen LogP contribution in [0.3, 0.4) is 0 Å². The predicted octanol–water partition coefficient (Wildman–Crippen LogP) is 3.25. The van der Waals surface area contributed by atoms with Crippen molar-refractivity contribution in [1.82, 2.24) is 0 Å². The average Bonchev–Trinajstić information content (AvgIpc) is 2.25. The molecule has 84 valence electrons. The Bertz CT molecular complexity index is 252. The summed E-state index contributed by atoms with van der Waals surface area (Å²) < 4.78 is 2.23. The van der Waals surface area contributed by atoms with Crippen LogP contribution in [0.25, 0.3) is 0 Å². The summed E-state index contributed by atoms with van der Waals surface area (Å²) in [7, 11) is 2.11. The molecule has 0 aliphatic heterocycles. The number of hydrogen-bond donors (Lipinski definition) is 0. The topological polar surface area (TPSA) is 3.01 Å². The third kappa shape index (κ3) is 6.96. The zero-order valence-electron chi connectivity index (χ0n) is 10.4. The smallest absolute Gasteiger partial charge is 0.181 e. The van der Waals surface area contributed by atoms with Gasteiger partial charge in [0.05, 0.1) is 6.42 Å². The lowest BCUT2D eigenvalue weighted by atomic mass is 10.2. The molecule has 0 radical (unpaired) electrons. The van der Waals surface area contributed by atoms with E-state index in [0.29, 0.717) is 6.04 Å². The highest BCUT2D eigenvalue weighted by Gasteiger charge is 2.09. The van der Waals surface area contributed by atoms with E-state index in [1.54, 1.807) is 0 Å². The molecular weight excluding hydrogens is 182 g/mol. The third-order valence-electron chi connectivity index (χ3n) is 2.51. The summed E-state index contributed by atoms with van der Waals surface area (Å²) in [5, 5.41) is 0. The van der Waals surface area contributed by atoms with Crippen molar-refractivity contribution in [2.75, 3.05) is 7.05 Å². The summed E-state index contributed by atoms with van der Waals surface area (Å²) in [5.41, 5.74) is 0. The molecule has 15 heavy (non-hydrogen) atoms. The standard InChI is InChI=1S/C14H24N/c1-5-8-10-11-13-15(4)14(7-3)12-9-6-2/h7,13-14H,3,5,8,10-12H2,1-2,4H3/q+1. The number of likely N-dealkylation sites (N-methyl/N-ethyl adjacent to an activating group) is 1. The minimum absolute atomic E-state index is 0.360. The molecule has 0 saturated heterocycles. The highest BCUT2D eigenvalue weighted by atomic mass is 15.0. The predicted molar refractivity (Wildman–Crippen MR) is 68.4 cm³/mol. The third-order valence-corrected chi connectivity index (χ3v) is 2.51. The highest BCUT2D eigenvalue weighted by Crippen LogP contribution is 1.99. The number of hydrogen-bond acceptors (Lipinski definition) is 0. The van der Waals surface area contributed by atoms with E-state index in [0.717, 1.165) is 12.8 Å². The van der Waals surface area contributed by atoms with Crippen LogP contribution in [0.2, 0.25) is 0 Å². The molecule has 0 aromatic carbocycles. The summed E-state index contributed by atoms with van der Waals surface area (Å²) in [4.78, 5) is 0. The van der Waals surface area contributed by atoms with Gasteiger partial charge in [0.1, 0.15) is 13.3 Å². The first-order valence-corrected chi connectivity index (χ1v) is 5.83. The van der Waals surface area contributed by atoms with E-state index in [-0.39, 0.29) is 0 Å². The van der Waals surface area contributed by atoms with Crippen LogP contribution in [0.1, 0.15) is 46.0 Å². The lowest BCUT2D eigenvalue weighted by Crippen LogP contribution is -2.21. The van der Waals surface area contributed by atoms with Gasteiger partial charge in [-0.05, 0) is 19.4 Å². The summed E-state index contributed by atoms with van der Waals surface area (Å²) in [5.74, 6) is 6.02. The van der Waals surface area contributed by atoms with Gasteiger partial charge in [0, 0.05) is 6.42 Å². The van der Waals surface area contributed by atoms with Gasteiger partial charge in [-0.3, -0.25) is 0 Å². The fourth-order valence-corrected chi connectivity index (χ4v) is 1.42. The van der Waals surface area contributed by atoms with Crippen molar-refractivity contribution in [1.29, 1.82) is 0 Å². The van der Waals surface area contributed by atoms with Crippen molar-refractivity contribution in [2.24, 2.45) is 0 Å². The van der Waals surface area contributed by atoms with E-state index in [2.05, 4.69) is 43.2 Å². The second-order valence-electron chi connectivity index (χ2n) is 3.78. The molecule has 0 aromatic rings. The maximum absolute atomic E-state index is 3.85. The SMILES string of the molecule is C=CC(CC#CC)[N+](C)=CCCCCC. The second-order valence-corrected chi connectivity index (χ2v) is 3.78. The van der Waals surface area contributed by atoms with Crippen LogP contribution < -0.4 is 0 Å². The van der Waals surface area contributed by atoms with Crippen molar-refractivity contribution in [3.8, 4) is 11.8 Å². The van der Waals surface area contributed by atoms with Gasteiger partial charge in [0.15, 0.2) is 6.04 Å². The Hall–Kier alpha value is -1.03. The molecule has 0 spiro atoms. The summed E-state index contributed by atoms with van der Waals surface area (Å²) in [6, 6.07) is 0.360. The molecule has 0 bridgehead atoms. The fraction of sp³-hybridized carbons (Fsp3) is 0.643. The molecule has 1 heteroatoms. The zero-order chi connectivity index (χ0) is 11.5. The fourth-order valence-electron chi connectivity index (χ4n) is 1.42. The molecular formula is C14H24N+. The van der Waals surface area contributed by atoms with Crippen molar-refractivity contribution >= 4 is 6.21 Å². The van der Waals surface area contributed by atoms with Gasteiger partial charge in [-0.2, -0.15) is 0 Å². The van der Waals surface area contributed by atoms with E-state index >= 15 is 0 Å². The normalized spacial score (nSPS) is 12.9. The van der Waals surface area contributed by atoms with Crippen molar-refractivity contribution in [2.45, 2.75) is 52.0 Å². The molecule has 0 aromatic heterocycles. The molecule has 0 rings (SSSR count). The molecule has 1 atom stereocenters. The number of nitrogens with zero attached hydrogens (tertiary/aromatic N) is 1. The lowest BCUT2D eigenvalue weighted by molar-refractivity contribution is -0.521. The van der Waals surface area contributed by atoms with Crippen molar-refractivity contribution in [3.05, 3.63) is 12.7 Å². The highest BCUT2D eigenvalue weighted by molar-refractivity contribution is 5.51. The maximum atomic E-state index is 3.85. The summed E-state index contributed by atoms with van der Waals surface area (Å²) >= 11 is 0. The minimum Gasteiger partial charge on any atom is -0.235 e. The van der Waals surface area contributed by atoms with Gasteiger partial charge in [-0.25, -0.2) is 4.58 Å². The molecule has 0 amide bonds. The molecule has 1 unspecified atom stereocenters. The van der Waals surface area contributed by atoms with Crippen LogP contribution >= 0.6 is 0 Å². The maximum Gasteiger partial charge on any atom is 0.181 e. The van der Waals surface area contributed by atoms with E-state index in [1.165, 1.54) is 19.3 Å². The van der Waals surface area contributed by atoms with E-state index in [9.17, 15) is 0 Å². The van der Waals surface area contributed by atoms with Crippen LogP contribution in [0.5, 0.6) is 0 Å². The van der Waals surface area contributed by atoms with Gasteiger partial charge >= 0.3 is 0 Å². The zero-order valence-corrected chi connectivity index (χ0v) is 10.4. The Kier molecular flexibility index (Phi) is 8.87. The molecule has 0 aliphatic carbocycles. The molecule has 0 heterocycles. The first-order valence-electron chi connectivity index (χ1n) is 5.83.